The van der Waals surface area contributed by atoms with Gasteiger partial charge in [-0.1, -0.05) is 38.5 Å². The lowest BCUT2D eigenvalue weighted by Gasteiger charge is -2.05. The van der Waals surface area contributed by atoms with Gasteiger partial charge in [-0.25, -0.2) is 15.0 Å². The minimum absolute atomic E-state index is 0.139. The Balaban J connectivity index is 0.000000294. The largest absolute Gasteiger partial charge is 0.368 e. The van der Waals surface area contributed by atoms with E-state index in [-0.39, 0.29) is 11.9 Å². The molecule has 4 aromatic heterocycles. The summed E-state index contributed by atoms with van der Waals surface area (Å²) in [7, 11) is 0. The summed E-state index contributed by atoms with van der Waals surface area (Å²) < 4.78 is 0.806. The number of amides is 1. The second-order valence-electron chi connectivity index (χ2n) is 6.90. The van der Waals surface area contributed by atoms with E-state index in [4.69, 9.17) is 5.73 Å². The number of hydrogen-bond acceptors (Lipinski definition) is 7. The number of carbonyl (C=O) groups is 1. The predicted molar refractivity (Wildman–Crippen MR) is 117 cm³/mol. The molecule has 1 fully saturated rings. The van der Waals surface area contributed by atoms with Crippen molar-refractivity contribution in [3.63, 3.8) is 0 Å². The number of nitrogen functional groups attached to an aromatic ring is 1. The number of nitrogens with one attached hydrogen (secondary N) is 1. The number of nitrogens with two attached hydrogens (primary N) is 1. The Bertz CT molecular complexity index is 1130. The zero-order valence-electron chi connectivity index (χ0n) is 16.0. The van der Waals surface area contributed by atoms with Crippen molar-refractivity contribution in [1.82, 2.24) is 19.9 Å². The van der Waals surface area contributed by atoms with Crippen LogP contribution in [0.1, 0.15) is 48.9 Å². The summed E-state index contributed by atoms with van der Waals surface area (Å²) in [5, 5.41) is 4.51. The lowest BCUT2D eigenvalue weighted by atomic mass is 10.0. The van der Waals surface area contributed by atoms with Crippen molar-refractivity contribution in [3.05, 3.63) is 47.6 Å². The molecule has 29 heavy (non-hydrogen) atoms. The van der Waals surface area contributed by atoms with Gasteiger partial charge in [0.25, 0.3) is 5.91 Å². The Morgan fingerprint density at radius 2 is 1.72 bits per heavy atom. The fourth-order valence-corrected chi connectivity index (χ4v) is 4.12. The van der Waals surface area contributed by atoms with Gasteiger partial charge in [0.05, 0.1) is 33.0 Å². The third-order valence-corrected chi connectivity index (χ3v) is 5.68. The van der Waals surface area contributed by atoms with Gasteiger partial charge in [-0.2, -0.15) is 0 Å². The third-order valence-electron chi connectivity index (χ3n) is 4.78. The van der Waals surface area contributed by atoms with Crippen LogP contribution in [0.3, 0.4) is 0 Å². The molecule has 0 radical (unpaired) electrons. The Labute approximate surface area is 172 Å². The maximum Gasteiger partial charge on any atom is 0.259 e. The number of rotatable bonds is 2. The van der Waals surface area contributed by atoms with Crippen LogP contribution in [0, 0.1) is 0 Å². The van der Waals surface area contributed by atoms with E-state index in [0.717, 1.165) is 10.2 Å². The lowest BCUT2D eigenvalue weighted by Crippen LogP contribution is -2.13. The number of carbonyl (C=O) groups excluding carboxylic acids is 1. The van der Waals surface area contributed by atoms with Crippen LogP contribution in [-0.2, 0) is 0 Å². The van der Waals surface area contributed by atoms with Crippen molar-refractivity contribution in [2.45, 2.75) is 38.5 Å². The standard InChI is InChI=1S/C15H10N6OS.C6H12/c16-15-18-6-11-13(21-15)8(7-23-11)14(22)20-12-4-3-9-10(19-12)2-1-5-17-9;1-2-4-6-5-3-1/h1-7H,(H2,16,18,21)(H,19,20,22);1-6H2. The smallest absolute Gasteiger partial charge is 0.259 e. The highest BCUT2D eigenvalue weighted by Crippen LogP contribution is 2.25. The molecule has 4 heterocycles. The van der Waals surface area contributed by atoms with E-state index in [1.165, 1.54) is 49.9 Å². The van der Waals surface area contributed by atoms with E-state index in [1.54, 1.807) is 29.9 Å². The summed E-state index contributed by atoms with van der Waals surface area (Å²) in [6, 6.07) is 7.16. The number of thiophene rings is 1. The molecule has 0 bridgehead atoms. The van der Waals surface area contributed by atoms with Crippen molar-refractivity contribution < 1.29 is 4.79 Å². The monoisotopic (exact) mass is 406 g/mol. The Morgan fingerprint density at radius 3 is 2.48 bits per heavy atom. The molecule has 0 atom stereocenters. The van der Waals surface area contributed by atoms with Crippen molar-refractivity contribution in [2.75, 3.05) is 11.1 Å². The van der Waals surface area contributed by atoms with Crippen molar-refractivity contribution in [3.8, 4) is 0 Å². The first-order valence-electron chi connectivity index (χ1n) is 9.73. The van der Waals surface area contributed by atoms with Crippen LogP contribution in [0.15, 0.2) is 42.0 Å². The number of nitrogens with zero attached hydrogens (tertiary/aromatic N) is 4. The fraction of sp³-hybridized carbons (Fsp3) is 0.286. The molecule has 1 amide bonds. The van der Waals surface area contributed by atoms with Crippen molar-refractivity contribution >= 4 is 50.3 Å². The van der Waals surface area contributed by atoms with Gasteiger partial charge < -0.3 is 11.1 Å². The molecule has 5 rings (SSSR count). The first kappa shape index (κ1) is 19.2. The zero-order chi connectivity index (χ0) is 20.1. The molecule has 0 spiro atoms. The van der Waals surface area contributed by atoms with Crippen LogP contribution in [0.4, 0.5) is 11.8 Å². The number of pyridine rings is 2. The van der Waals surface area contributed by atoms with E-state index in [2.05, 4.69) is 25.3 Å². The molecule has 0 saturated heterocycles. The second kappa shape index (κ2) is 8.91. The minimum atomic E-state index is -0.287. The van der Waals surface area contributed by atoms with E-state index >= 15 is 0 Å². The summed E-state index contributed by atoms with van der Waals surface area (Å²) in [6.07, 6.45) is 12.3. The quantitative estimate of drug-likeness (QED) is 0.495. The van der Waals surface area contributed by atoms with Gasteiger partial charge in [-0.3, -0.25) is 9.78 Å². The van der Waals surface area contributed by atoms with Crippen LogP contribution in [0.25, 0.3) is 21.3 Å². The summed E-state index contributed by atoms with van der Waals surface area (Å²) >= 11 is 1.39. The topological polar surface area (TPSA) is 107 Å². The van der Waals surface area contributed by atoms with Crippen LogP contribution < -0.4 is 11.1 Å². The summed E-state index contributed by atoms with van der Waals surface area (Å²) in [4.78, 5) is 29.1. The van der Waals surface area contributed by atoms with Gasteiger partial charge in [-0.15, -0.1) is 11.3 Å². The van der Waals surface area contributed by atoms with Crippen LogP contribution in [0.2, 0.25) is 0 Å². The van der Waals surface area contributed by atoms with Gasteiger partial charge in [0.1, 0.15) is 5.82 Å². The molecular weight excluding hydrogens is 384 g/mol. The minimum Gasteiger partial charge on any atom is -0.368 e. The van der Waals surface area contributed by atoms with Crippen molar-refractivity contribution in [1.29, 1.82) is 0 Å². The SMILES string of the molecule is C1CCCCC1.Nc1ncc2scc(C(=O)Nc3ccc4ncccc4n3)c2n1. The van der Waals surface area contributed by atoms with Crippen LogP contribution >= 0.6 is 11.3 Å². The van der Waals surface area contributed by atoms with E-state index in [9.17, 15) is 4.79 Å². The van der Waals surface area contributed by atoms with Gasteiger partial charge in [0.15, 0.2) is 0 Å². The highest BCUT2D eigenvalue weighted by molar-refractivity contribution is 7.17. The molecule has 1 saturated carbocycles. The molecule has 4 aromatic rings. The average Bonchev–Trinajstić information content (AvgIpc) is 3.18. The molecule has 0 aromatic carbocycles. The van der Waals surface area contributed by atoms with Gasteiger partial charge >= 0.3 is 0 Å². The molecule has 8 heteroatoms. The number of fused-ring (bicyclic) bond motifs is 2. The summed E-state index contributed by atoms with van der Waals surface area (Å²) in [5.41, 5.74) is 8.08. The third kappa shape index (κ3) is 4.65. The number of anilines is 2. The highest BCUT2D eigenvalue weighted by Gasteiger charge is 2.15. The van der Waals surface area contributed by atoms with Gasteiger partial charge in [-0.05, 0) is 24.3 Å². The van der Waals surface area contributed by atoms with Crippen LogP contribution in [0.5, 0.6) is 0 Å². The molecule has 7 nitrogen and oxygen atoms in total. The van der Waals surface area contributed by atoms with Crippen molar-refractivity contribution in [2.24, 2.45) is 0 Å². The maximum absolute atomic E-state index is 12.5. The maximum atomic E-state index is 12.5. The molecule has 1 aliphatic rings. The molecule has 148 valence electrons. The average molecular weight is 407 g/mol. The number of hydrogen-bond donors (Lipinski definition) is 2. The van der Waals surface area contributed by atoms with E-state index in [1.807, 2.05) is 12.1 Å². The molecule has 0 unspecified atom stereocenters. The summed E-state index contributed by atoms with van der Waals surface area (Å²) in [5.74, 6) is 0.307. The molecule has 0 aliphatic heterocycles. The van der Waals surface area contributed by atoms with Crippen LogP contribution in [-0.4, -0.2) is 25.8 Å². The second-order valence-corrected chi connectivity index (χ2v) is 7.82. The fourth-order valence-electron chi connectivity index (χ4n) is 3.27. The zero-order valence-corrected chi connectivity index (χ0v) is 16.8. The van der Waals surface area contributed by atoms with Gasteiger partial charge in [0, 0.05) is 11.6 Å². The Morgan fingerprint density at radius 1 is 0.966 bits per heavy atom. The normalized spacial score (nSPS) is 13.7. The molecular formula is C21H22N6OS. The molecule has 3 N–H and O–H groups in total. The van der Waals surface area contributed by atoms with Gasteiger partial charge in [0.2, 0.25) is 5.95 Å². The first-order valence-corrected chi connectivity index (χ1v) is 10.6. The first-order chi connectivity index (χ1) is 14.2. The predicted octanol–water partition coefficient (Wildman–Crippen LogP) is 4.81. The Hall–Kier alpha value is -3.13. The molecule has 1 aliphatic carbocycles. The lowest BCUT2D eigenvalue weighted by molar-refractivity contribution is 0.102. The Kier molecular flexibility index (Phi) is 5.90. The van der Waals surface area contributed by atoms with E-state index in [0.29, 0.717) is 22.4 Å². The highest BCUT2D eigenvalue weighted by atomic mass is 32.1. The van der Waals surface area contributed by atoms with E-state index < -0.39 is 0 Å². The summed E-state index contributed by atoms with van der Waals surface area (Å²) in [6.45, 7) is 0. The number of aromatic nitrogens is 4.